The van der Waals surface area contributed by atoms with Gasteiger partial charge in [-0.1, -0.05) is 30.3 Å². The number of hydrogen-bond donors (Lipinski definition) is 3. The van der Waals surface area contributed by atoms with Crippen molar-refractivity contribution in [3.05, 3.63) is 54.6 Å². The Morgan fingerprint density at radius 1 is 1.25 bits per heavy atom. The molecule has 0 saturated carbocycles. The van der Waals surface area contributed by atoms with Gasteiger partial charge < -0.3 is 9.88 Å². The lowest BCUT2D eigenvalue weighted by atomic mass is 9.83. The average molecular weight is 382 g/mol. The van der Waals surface area contributed by atoms with Crippen LogP contribution >= 0.6 is 0 Å². The van der Waals surface area contributed by atoms with Crippen molar-refractivity contribution in [3.8, 4) is 0 Å². The Labute approximate surface area is 164 Å². The molecule has 0 radical (unpaired) electrons. The van der Waals surface area contributed by atoms with E-state index in [2.05, 4.69) is 38.2 Å². The number of fused-ring (bicyclic) bond motifs is 1. The average Bonchev–Trinajstić information content (AvgIpc) is 3.36. The van der Waals surface area contributed by atoms with E-state index in [0.29, 0.717) is 19.6 Å². The SMILES string of the molecule is O=C(NCCCn1ccnc1)C1CN(Cc2ccccc2)CC2C(=O)NNC12. The Morgan fingerprint density at radius 3 is 2.89 bits per heavy atom. The molecule has 3 N–H and O–H groups in total. The fourth-order valence-corrected chi connectivity index (χ4v) is 4.07. The van der Waals surface area contributed by atoms with Gasteiger partial charge in [0, 0.05) is 45.1 Å². The first-order valence-corrected chi connectivity index (χ1v) is 9.76. The van der Waals surface area contributed by atoms with Crippen LogP contribution in [0.2, 0.25) is 0 Å². The van der Waals surface area contributed by atoms with E-state index in [1.54, 1.807) is 12.5 Å². The topological polar surface area (TPSA) is 91.3 Å². The number of hydrogen-bond acceptors (Lipinski definition) is 5. The maximum Gasteiger partial charge on any atom is 0.240 e. The van der Waals surface area contributed by atoms with Crippen LogP contribution in [-0.2, 0) is 22.7 Å². The minimum atomic E-state index is -0.269. The standard InChI is InChI=1S/C20H26N6O2/c27-19(22-7-4-9-25-10-8-21-14-25)16-12-26(11-15-5-2-1-3-6-15)13-17-18(16)23-24-20(17)28/h1-3,5-6,8,10,14,16-18,23H,4,7,9,11-13H2,(H,22,27)(H,24,28). The number of hydrazine groups is 1. The Bertz CT molecular complexity index is 794. The lowest BCUT2D eigenvalue weighted by molar-refractivity contribution is -0.130. The third-order valence-electron chi connectivity index (χ3n) is 5.51. The smallest absolute Gasteiger partial charge is 0.240 e. The van der Waals surface area contributed by atoms with Crippen LogP contribution in [0.1, 0.15) is 12.0 Å². The van der Waals surface area contributed by atoms with Gasteiger partial charge in [-0.25, -0.2) is 10.4 Å². The molecule has 2 saturated heterocycles. The second-order valence-corrected chi connectivity index (χ2v) is 7.50. The Morgan fingerprint density at radius 2 is 2.11 bits per heavy atom. The molecule has 1 aromatic heterocycles. The number of nitrogens with zero attached hydrogens (tertiary/aromatic N) is 3. The molecule has 3 heterocycles. The van der Waals surface area contributed by atoms with E-state index in [1.807, 2.05) is 29.0 Å². The highest BCUT2D eigenvalue weighted by atomic mass is 16.2. The van der Waals surface area contributed by atoms with Crippen molar-refractivity contribution in [1.82, 2.24) is 30.6 Å². The third kappa shape index (κ3) is 4.23. The van der Waals surface area contributed by atoms with Crippen LogP contribution in [0.15, 0.2) is 49.1 Å². The van der Waals surface area contributed by atoms with Crippen molar-refractivity contribution in [2.75, 3.05) is 19.6 Å². The summed E-state index contributed by atoms with van der Waals surface area (Å²) in [6, 6.07) is 10.00. The number of likely N-dealkylation sites (tertiary alicyclic amines) is 1. The molecule has 1 aromatic carbocycles. The fraction of sp³-hybridized carbons (Fsp3) is 0.450. The fourth-order valence-electron chi connectivity index (χ4n) is 4.07. The first-order chi connectivity index (χ1) is 13.7. The maximum atomic E-state index is 12.9. The molecule has 0 aliphatic carbocycles. The lowest BCUT2D eigenvalue weighted by Gasteiger charge is -2.38. The van der Waals surface area contributed by atoms with Crippen molar-refractivity contribution < 1.29 is 9.59 Å². The van der Waals surface area contributed by atoms with Crippen LogP contribution in [-0.4, -0.2) is 51.9 Å². The van der Waals surface area contributed by atoms with Gasteiger partial charge >= 0.3 is 0 Å². The summed E-state index contributed by atoms with van der Waals surface area (Å²) in [6.45, 7) is 3.44. The van der Waals surface area contributed by atoms with Crippen LogP contribution in [0, 0.1) is 11.8 Å². The molecule has 8 heteroatoms. The highest BCUT2D eigenvalue weighted by molar-refractivity contribution is 5.85. The molecule has 2 fully saturated rings. The van der Waals surface area contributed by atoms with E-state index in [0.717, 1.165) is 19.5 Å². The number of nitrogens with one attached hydrogen (secondary N) is 3. The van der Waals surface area contributed by atoms with Gasteiger partial charge in [-0.3, -0.25) is 19.9 Å². The van der Waals surface area contributed by atoms with E-state index in [-0.39, 0.29) is 29.7 Å². The molecule has 2 aromatic rings. The summed E-state index contributed by atoms with van der Waals surface area (Å²) in [4.78, 5) is 31.3. The largest absolute Gasteiger partial charge is 0.356 e. The summed E-state index contributed by atoms with van der Waals surface area (Å²) < 4.78 is 1.99. The van der Waals surface area contributed by atoms with Crippen molar-refractivity contribution in [1.29, 1.82) is 0 Å². The summed E-state index contributed by atoms with van der Waals surface area (Å²) in [7, 11) is 0. The van der Waals surface area contributed by atoms with E-state index in [4.69, 9.17) is 0 Å². The number of imidazole rings is 1. The summed E-state index contributed by atoms with van der Waals surface area (Å²) in [6.07, 6.45) is 6.27. The number of benzene rings is 1. The monoisotopic (exact) mass is 382 g/mol. The Hall–Kier alpha value is -2.71. The van der Waals surface area contributed by atoms with E-state index >= 15 is 0 Å². The molecule has 3 atom stereocenters. The van der Waals surface area contributed by atoms with Gasteiger partial charge in [0.2, 0.25) is 11.8 Å². The van der Waals surface area contributed by atoms with Crippen LogP contribution in [0.5, 0.6) is 0 Å². The maximum absolute atomic E-state index is 12.9. The zero-order valence-corrected chi connectivity index (χ0v) is 15.8. The van der Waals surface area contributed by atoms with Crippen molar-refractivity contribution in [3.63, 3.8) is 0 Å². The molecular weight excluding hydrogens is 356 g/mol. The molecular formula is C20H26N6O2. The lowest BCUT2D eigenvalue weighted by Crippen LogP contribution is -2.56. The quantitative estimate of drug-likeness (QED) is 0.593. The number of piperidine rings is 1. The van der Waals surface area contributed by atoms with Crippen LogP contribution in [0.25, 0.3) is 0 Å². The van der Waals surface area contributed by atoms with Crippen LogP contribution in [0.4, 0.5) is 0 Å². The minimum Gasteiger partial charge on any atom is -0.356 e. The predicted octanol–water partition coefficient (Wildman–Crippen LogP) is 0.141. The zero-order chi connectivity index (χ0) is 19.3. The summed E-state index contributed by atoms with van der Waals surface area (Å²) in [5.74, 6) is -0.503. The number of carbonyl (C=O) groups excluding carboxylic acids is 2. The molecule has 3 unspecified atom stereocenters. The van der Waals surface area contributed by atoms with Gasteiger partial charge in [0.05, 0.1) is 24.2 Å². The van der Waals surface area contributed by atoms with Crippen molar-refractivity contribution in [2.24, 2.45) is 11.8 Å². The van der Waals surface area contributed by atoms with Crippen molar-refractivity contribution in [2.45, 2.75) is 25.6 Å². The number of carbonyl (C=O) groups is 2. The zero-order valence-electron chi connectivity index (χ0n) is 15.8. The molecule has 2 aliphatic rings. The van der Waals surface area contributed by atoms with E-state index in [9.17, 15) is 9.59 Å². The summed E-state index contributed by atoms with van der Waals surface area (Å²) in [5.41, 5.74) is 6.93. The summed E-state index contributed by atoms with van der Waals surface area (Å²) in [5, 5.41) is 3.05. The van der Waals surface area contributed by atoms with Gasteiger partial charge in [-0.2, -0.15) is 0 Å². The third-order valence-corrected chi connectivity index (χ3v) is 5.51. The second-order valence-electron chi connectivity index (χ2n) is 7.50. The molecule has 2 aliphatic heterocycles. The highest BCUT2D eigenvalue weighted by Gasteiger charge is 2.47. The molecule has 8 nitrogen and oxygen atoms in total. The normalized spacial score (nSPS) is 24.6. The predicted molar refractivity (Wildman–Crippen MR) is 104 cm³/mol. The Kier molecular flexibility index (Phi) is 5.68. The van der Waals surface area contributed by atoms with Gasteiger partial charge in [0.25, 0.3) is 0 Å². The number of rotatable bonds is 7. The number of aromatic nitrogens is 2. The number of amides is 2. The van der Waals surface area contributed by atoms with Gasteiger partial charge in [-0.15, -0.1) is 0 Å². The molecule has 4 rings (SSSR count). The second kappa shape index (κ2) is 8.53. The highest BCUT2D eigenvalue weighted by Crippen LogP contribution is 2.27. The van der Waals surface area contributed by atoms with Crippen LogP contribution in [0.3, 0.4) is 0 Å². The van der Waals surface area contributed by atoms with E-state index < -0.39 is 0 Å². The Balaban J connectivity index is 1.36. The van der Waals surface area contributed by atoms with Gasteiger partial charge in [0.15, 0.2) is 0 Å². The minimum absolute atomic E-state index is 0.00222. The first kappa shape index (κ1) is 18.6. The summed E-state index contributed by atoms with van der Waals surface area (Å²) >= 11 is 0. The van der Waals surface area contributed by atoms with Gasteiger partial charge in [0.1, 0.15) is 0 Å². The number of aryl methyl sites for hydroxylation is 1. The molecule has 2 amide bonds. The van der Waals surface area contributed by atoms with Gasteiger partial charge in [-0.05, 0) is 12.0 Å². The molecule has 148 valence electrons. The van der Waals surface area contributed by atoms with E-state index in [1.165, 1.54) is 5.56 Å². The first-order valence-electron chi connectivity index (χ1n) is 9.76. The molecule has 28 heavy (non-hydrogen) atoms. The van der Waals surface area contributed by atoms with Crippen molar-refractivity contribution >= 4 is 11.8 Å². The van der Waals surface area contributed by atoms with Crippen LogP contribution < -0.4 is 16.2 Å². The molecule has 0 bridgehead atoms. The molecule has 0 spiro atoms.